The van der Waals surface area contributed by atoms with Gasteiger partial charge in [0.1, 0.15) is 0 Å². The zero-order chi connectivity index (χ0) is 10.9. The first-order chi connectivity index (χ1) is 7.13. The number of sulfonamides is 1. The van der Waals surface area contributed by atoms with E-state index < -0.39 is 10.0 Å². The quantitative estimate of drug-likeness (QED) is 0.788. The van der Waals surface area contributed by atoms with Crippen LogP contribution in [0.5, 0.6) is 0 Å². The summed E-state index contributed by atoms with van der Waals surface area (Å²) >= 11 is 0. The number of fused-ring (bicyclic) bond motifs is 1. The van der Waals surface area contributed by atoms with Crippen molar-refractivity contribution in [1.29, 1.82) is 0 Å². The largest absolute Gasteiger partial charge is 0.240 e. The number of benzene rings is 1. The fourth-order valence-corrected chi connectivity index (χ4v) is 3.28. The molecule has 0 aromatic heterocycles. The van der Waals surface area contributed by atoms with Crippen LogP contribution < -0.4 is 4.72 Å². The first kappa shape index (κ1) is 10.6. The van der Waals surface area contributed by atoms with Gasteiger partial charge in [0.25, 0.3) is 0 Å². The third kappa shape index (κ3) is 2.06. The van der Waals surface area contributed by atoms with E-state index in [1.165, 1.54) is 0 Å². The lowest BCUT2D eigenvalue weighted by Gasteiger charge is -2.09. The van der Waals surface area contributed by atoms with Crippen LogP contribution in [0.25, 0.3) is 0 Å². The highest BCUT2D eigenvalue weighted by atomic mass is 32.2. The minimum Gasteiger partial charge on any atom is -0.211 e. The average Bonchev–Trinajstić information content (AvgIpc) is 2.36. The second kappa shape index (κ2) is 3.94. The minimum atomic E-state index is -3.27. The summed E-state index contributed by atoms with van der Waals surface area (Å²) in [7, 11) is -3.27. The molecule has 1 unspecified atom stereocenters. The molecule has 4 heteroatoms. The van der Waals surface area contributed by atoms with E-state index in [9.17, 15) is 8.42 Å². The van der Waals surface area contributed by atoms with Gasteiger partial charge in [0, 0.05) is 6.54 Å². The minimum absolute atomic E-state index is 0.406. The second-order valence-electron chi connectivity index (χ2n) is 3.94. The maximum Gasteiger partial charge on any atom is 0.240 e. The Labute approximate surface area is 90.6 Å². The van der Waals surface area contributed by atoms with Crippen LogP contribution in [0.15, 0.2) is 29.2 Å². The summed E-state index contributed by atoms with van der Waals surface area (Å²) in [4.78, 5) is 0.445. The van der Waals surface area contributed by atoms with Crippen molar-refractivity contribution < 1.29 is 8.42 Å². The Balaban J connectivity index is 2.50. The van der Waals surface area contributed by atoms with Gasteiger partial charge < -0.3 is 0 Å². The number of hydrogen-bond donors (Lipinski definition) is 1. The van der Waals surface area contributed by atoms with Crippen molar-refractivity contribution in [1.82, 2.24) is 4.72 Å². The first-order valence-corrected chi connectivity index (χ1v) is 6.69. The summed E-state index contributed by atoms with van der Waals surface area (Å²) in [6.07, 6.45) is 1.84. The Morgan fingerprint density at radius 2 is 2.13 bits per heavy atom. The van der Waals surface area contributed by atoms with Crippen LogP contribution in [0.4, 0.5) is 0 Å². The van der Waals surface area contributed by atoms with E-state index in [1.54, 1.807) is 12.1 Å². The topological polar surface area (TPSA) is 46.2 Å². The highest BCUT2D eigenvalue weighted by Crippen LogP contribution is 2.23. The molecule has 0 radical (unpaired) electrons. The van der Waals surface area contributed by atoms with Crippen LogP contribution in [-0.4, -0.2) is 15.0 Å². The van der Waals surface area contributed by atoms with Crippen molar-refractivity contribution in [3.63, 3.8) is 0 Å². The monoisotopic (exact) mass is 225 g/mol. The van der Waals surface area contributed by atoms with E-state index in [1.807, 2.05) is 12.1 Å². The molecule has 1 aromatic rings. The molecule has 0 saturated heterocycles. The molecule has 1 aromatic carbocycles. The second-order valence-corrected chi connectivity index (χ2v) is 5.67. The van der Waals surface area contributed by atoms with Crippen molar-refractivity contribution in [3.05, 3.63) is 29.8 Å². The van der Waals surface area contributed by atoms with Gasteiger partial charge in [-0.25, -0.2) is 13.1 Å². The Bertz CT molecular complexity index is 453. The van der Waals surface area contributed by atoms with Gasteiger partial charge in [-0.15, -0.1) is 0 Å². The molecule has 0 fully saturated rings. The molecule has 82 valence electrons. The first-order valence-electron chi connectivity index (χ1n) is 5.21. The van der Waals surface area contributed by atoms with Gasteiger partial charge in [-0.05, 0) is 24.0 Å². The van der Waals surface area contributed by atoms with Crippen molar-refractivity contribution in [2.45, 2.75) is 24.7 Å². The van der Waals surface area contributed by atoms with E-state index in [0.717, 1.165) is 18.4 Å². The standard InChI is InChI=1S/C11H15NO2S/c1-2-9-7-10-5-3-4-6-11(10)15(13,14)12-8-9/h3-6,9,12H,2,7-8H2,1H3. The molecule has 1 aliphatic rings. The normalized spacial score (nSPS) is 24.2. The molecular formula is C11H15NO2S. The Morgan fingerprint density at radius 3 is 2.87 bits per heavy atom. The maximum atomic E-state index is 11.8. The zero-order valence-electron chi connectivity index (χ0n) is 8.73. The van der Waals surface area contributed by atoms with Crippen LogP contribution in [0.3, 0.4) is 0 Å². The molecule has 3 nitrogen and oxygen atoms in total. The molecule has 2 rings (SSSR count). The maximum absolute atomic E-state index is 11.8. The third-order valence-electron chi connectivity index (χ3n) is 2.91. The van der Waals surface area contributed by atoms with Gasteiger partial charge in [0.15, 0.2) is 0 Å². The molecule has 1 atom stereocenters. The van der Waals surface area contributed by atoms with E-state index in [2.05, 4.69) is 11.6 Å². The molecule has 0 saturated carbocycles. The average molecular weight is 225 g/mol. The Morgan fingerprint density at radius 1 is 1.40 bits per heavy atom. The van der Waals surface area contributed by atoms with Crippen LogP contribution in [-0.2, 0) is 16.4 Å². The molecule has 1 N–H and O–H groups in total. The van der Waals surface area contributed by atoms with Crippen LogP contribution in [0.1, 0.15) is 18.9 Å². The molecule has 1 aliphatic heterocycles. The fraction of sp³-hybridized carbons (Fsp3) is 0.455. The predicted octanol–water partition coefficient (Wildman–Crippen LogP) is 1.55. The molecular weight excluding hydrogens is 210 g/mol. The van der Waals surface area contributed by atoms with Gasteiger partial charge in [-0.3, -0.25) is 0 Å². The van der Waals surface area contributed by atoms with Crippen molar-refractivity contribution in [2.24, 2.45) is 5.92 Å². The lowest BCUT2D eigenvalue weighted by atomic mass is 9.97. The SMILES string of the molecule is CCC1CNS(=O)(=O)c2ccccc2C1. The number of rotatable bonds is 1. The third-order valence-corrected chi connectivity index (χ3v) is 4.43. The molecule has 15 heavy (non-hydrogen) atoms. The summed E-state index contributed by atoms with van der Waals surface area (Å²) in [5.74, 6) is 0.406. The summed E-state index contributed by atoms with van der Waals surface area (Å²) in [6, 6.07) is 7.25. The van der Waals surface area contributed by atoms with Crippen molar-refractivity contribution >= 4 is 10.0 Å². The van der Waals surface area contributed by atoms with Gasteiger partial charge in [0.05, 0.1) is 4.90 Å². The van der Waals surface area contributed by atoms with Gasteiger partial charge >= 0.3 is 0 Å². The van der Waals surface area contributed by atoms with Crippen LogP contribution in [0.2, 0.25) is 0 Å². The molecule has 0 aliphatic carbocycles. The number of nitrogens with one attached hydrogen (secondary N) is 1. The predicted molar refractivity (Wildman–Crippen MR) is 59.1 cm³/mol. The summed E-state index contributed by atoms with van der Waals surface area (Å²) in [6.45, 7) is 2.64. The molecule has 1 heterocycles. The van der Waals surface area contributed by atoms with Crippen molar-refractivity contribution in [2.75, 3.05) is 6.54 Å². The van der Waals surface area contributed by atoms with E-state index in [0.29, 0.717) is 17.4 Å². The van der Waals surface area contributed by atoms with Gasteiger partial charge in [0.2, 0.25) is 10.0 Å². The molecule has 0 amide bonds. The van der Waals surface area contributed by atoms with Gasteiger partial charge in [-0.1, -0.05) is 31.5 Å². The zero-order valence-corrected chi connectivity index (χ0v) is 9.55. The van der Waals surface area contributed by atoms with Crippen LogP contribution >= 0.6 is 0 Å². The molecule has 0 bridgehead atoms. The Kier molecular flexibility index (Phi) is 2.80. The summed E-state index contributed by atoms with van der Waals surface area (Å²) in [5, 5.41) is 0. The lowest BCUT2D eigenvalue weighted by molar-refractivity contribution is 0.499. The fourth-order valence-electron chi connectivity index (χ4n) is 1.91. The van der Waals surface area contributed by atoms with Crippen LogP contribution in [0, 0.1) is 5.92 Å². The smallest absolute Gasteiger partial charge is 0.211 e. The summed E-state index contributed by atoms with van der Waals surface area (Å²) in [5.41, 5.74) is 0.939. The van der Waals surface area contributed by atoms with E-state index >= 15 is 0 Å². The number of hydrogen-bond acceptors (Lipinski definition) is 2. The van der Waals surface area contributed by atoms with E-state index in [-0.39, 0.29) is 0 Å². The Hall–Kier alpha value is -0.870. The highest BCUT2D eigenvalue weighted by molar-refractivity contribution is 7.89. The summed E-state index contributed by atoms with van der Waals surface area (Å²) < 4.78 is 26.3. The van der Waals surface area contributed by atoms with E-state index in [4.69, 9.17) is 0 Å². The highest BCUT2D eigenvalue weighted by Gasteiger charge is 2.24. The lowest BCUT2D eigenvalue weighted by Crippen LogP contribution is -2.26. The van der Waals surface area contributed by atoms with Gasteiger partial charge in [-0.2, -0.15) is 0 Å². The molecule has 0 spiro atoms. The van der Waals surface area contributed by atoms with Crippen molar-refractivity contribution in [3.8, 4) is 0 Å².